The highest BCUT2D eigenvalue weighted by atomic mass is 32.1. The van der Waals surface area contributed by atoms with Crippen molar-refractivity contribution in [2.75, 3.05) is 6.54 Å². The van der Waals surface area contributed by atoms with E-state index in [1.54, 1.807) is 18.2 Å². The van der Waals surface area contributed by atoms with Crippen molar-refractivity contribution in [2.45, 2.75) is 38.8 Å². The van der Waals surface area contributed by atoms with Crippen molar-refractivity contribution in [3.05, 3.63) is 64.3 Å². The van der Waals surface area contributed by atoms with Gasteiger partial charge >= 0.3 is 17.9 Å². The quantitative estimate of drug-likeness (QED) is 0.447. The first-order valence-corrected chi connectivity index (χ1v) is 11.4. The molecule has 0 amide bonds. The van der Waals surface area contributed by atoms with Crippen molar-refractivity contribution in [1.82, 2.24) is 4.90 Å². The van der Waals surface area contributed by atoms with Gasteiger partial charge in [0.25, 0.3) is 0 Å². The fourth-order valence-electron chi connectivity index (χ4n) is 3.70. The van der Waals surface area contributed by atoms with Gasteiger partial charge in [0.1, 0.15) is 5.82 Å². The van der Waals surface area contributed by atoms with Gasteiger partial charge in [0.15, 0.2) is 10.8 Å². The maximum absolute atomic E-state index is 14.4. The van der Waals surface area contributed by atoms with Gasteiger partial charge < -0.3 is 14.9 Å². The number of aliphatic carboxylic acids is 2. The van der Waals surface area contributed by atoms with Crippen LogP contribution in [0.1, 0.15) is 41.8 Å². The summed E-state index contributed by atoms with van der Waals surface area (Å²) >= 11 is 1.47. The molecule has 10 heteroatoms. The number of carboxylic acids is 2. The van der Waals surface area contributed by atoms with E-state index in [0.717, 1.165) is 24.8 Å². The molecule has 1 aliphatic carbocycles. The monoisotopic (exact) mass is 489 g/mol. The second-order valence-electron chi connectivity index (χ2n) is 7.94. The Morgan fingerprint density at radius 3 is 2.35 bits per heavy atom. The zero-order valence-corrected chi connectivity index (χ0v) is 19.2. The van der Waals surface area contributed by atoms with E-state index >= 15 is 0 Å². The number of ether oxygens (including phenoxy) is 1. The topological polar surface area (TPSA) is 121 Å². The number of nitrogens with zero attached hydrogens (tertiary/aromatic N) is 1. The minimum Gasteiger partial charge on any atom is -0.478 e. The normalized spacial score (nSPS) is 16.2. The zero-order valence-electron chi connectivity index (χ0n) is 18.4. The first kappa shape index (κ1) is 25.3. The molecule has 4 rings (SSSR count). The average Bonchev–Trinajstić information content (AvgIpc) is 3.54. The molecule has 1 unspecified atom stereocenters. The highest BCUT2D eigenvalue weighted by Crippen LogP contribution is 2.41. The number of hydrogen-bond donors (Lipinski definition) is 2. The van der Waals surface area contributed by atoms with E-state index < -0.39 is 18.0 Å². The van der Waals surface area contributed by atoms with Gasteiger partial charge in [-0.25, -0.2) is 14.0 Å². The SMILES string of the molecule is CC(=O)Oc1cc2c(s1)CCN(C(C(=O)C1CC1)c1ccccc1F)C2.O=C(O)/C=C\C(=O)O. The number of hydrogen-bond acceptors (Lipinski definition) is 7. The highest BCUT2D eigenvalue weighted by Gasteiger charge is 2.40. The molecular formula is C24H24FNO7S. The number of thiophene rings is 1. The second kappa shape index (κ2) is 11.2. The van der Waals surface area contributed by atoms with Gasteiger partial charge in [0.05, 0.1) is 6.04 Å². The van der Waals surface area contributed by atoms with E-state index in [2.05, 4.69) is 4.90 Å². The average molecular weight is 490 g/mol. The molecule has 180 valence electrons. The van der Waals surface area contributed by atoms with E-state index in [1.165, 1.54) is 29.2 Å². The summed E-state index contributed by atoms with van der Waals surface area (Å²) in [6, 6.07) is 7.89. The van der Waals surface area contributed by atoms with Crippen molar-refractivity contribution < 1.29 is 38.5 Å². The van der Waals surface area contributed by atoms with Crippen LogP contribution < -0.4 is 4.74 Å². The van der Waals surface area contributed by atoms with Crippen molar-refractivity contribution >= 4 is 35.0 Å². The summed E-state index contributed by atoms with van der Waals surface area (Å²) < 4.78 is 19.6. The lowest BCUT2D eigenvalue weighted by Gasteiger charge is -2.34. The summed E-state index contributed by atoms with van der Waals surface area (Å²) in [7, 11) is 0. The predicted molar refractivity (Wildman–Crippen MR) is 121 cm³/mol. The molecular weight excluding hydrogens is 465 g/mol. The Bertz CT molecular complexity index is 1110. The van der Waals surface area contributed by atoms with Gasteiger partial charge in [-0.3, -0.25) is 14.5 Å². The molecule has 2 aliphatic rings. The maximum Gasteiger partial charge on any atom is 0.328 e. The zero-order chi connectivity index (χ0) is 24.8. The van der Waals surface area contributed by atoms with Crippen molar-refractivity contribution in [1.29, 1.82) is 0 Å². The number of carbonyl (C=O) groups is 4. The number of ketones is 1. The first-order chi connectivity index (χ1) is 16.2. The molecule has 2 aromatic rings. The molecule has 1 aromatic heterocycles. The smallest absolute Gasteiger partial charge is 0.328 e. The summed E-state index contributed by atoms with van der Waals surface area (Å²) in [5.41, 5.74) is 1.52. The molecule has 1 fully saturated rings. The Labute approximate surface area is 199 Å². The molecule has 2 N–H and O–H groups in total. The standard InChI is InChI=1S/C20H20FNO3S.C4H4O4/c1-12(23)25-18-10-14-11-22(9-8-17(14)26-18)19(20(24)13-6-7-13)15-4-2-3-5-16(15)21;5-3(6)1-2-4(7)8/h2-5,10,13,19H,6-9,11H2,1H3;1-2H,(H,5,6)(H,7,8)/b;2-1-. The Morgan fingerprint density at radius 2 is 1.79 bits per heavy atom. The summed E-state index contributed by atoms with van der Waals surface area (Å²) in [4.78, 5) is 46.5. The second-order valence-corrected chi connectivity index (χ2v) is 9.04. The van der Waals surface area contributed by atoms with Crippen LogP contribution in [0.25, 0.3) is 0 Å². The third-order valence-corrected chi connectivity index (χ3v) is 6.42. The van der Waals surface area contributed by atoms with Crippen molar-refractivity contribution in [2.24, 2.45) is 5.92 Å². The van der Waals surface area contributed by atoms with Crippen LogP contribution in [0.3, 0.4) is 0 Å². The van der Waals surface area contributed by atoms with Crippen LogP contribution in [-0.2, 0) is 32.1 Å². The lowest BCUT2D eigenvalue weighted by atomic mass is 9.95. The van der Waals surface area contributed by atoms with Gasteiger partial charge in [-0.2, -0.15) is 0 Å². The van der Waals surface area contributed by atoms with Gasteiger partial charge in [0.2, 0.25) is 0 Å². The molecule has 2 heterocycles. The van der Waals surface area contributed by atoms with Crippen LogP contribution in [-0.4, -0.2) is 45.3 Å². The van der Waals surface area contributed by atoms with Crippen molar-refractivity contribution in [3.63, 3.8) is 0 Å². The van der Waals surface area contributed by atoms with Crippen molar-refractivity contribution in [3.8, 4) is 5.06 Å². The number of fused-ring (bicyclic) bond motifs is 1. The van der Waals surface area contributed by atoms with Gasteiger partial charge in [-0.15, -0.1) is 11.3 Å². The van der Waals surface area contributed by atoms with E-state index in [9.17, 15) is 23.6 Å². The van der Waals surface area contributed by atoms with Crippen LogP contribution in [0.5, 0.6) is 5.06 Å². The van der Waals surface area contributed by atoms with Crippen LogP contribution in [0.4, 0.5) is 4.39 Å². The highest BCUT2D eigenvalue weighted by molar-refractivity contribution is 7.14. The number of esters is 1. The fraction of sp³-hybridized carbons (Fsp3) is 0.333. The summed E-state index contributed by atoms with van der Waals surface area (Å²) in [5.74, 6) is -3.01. The maximum atomic E-state index is 14.4. The third kappa shape index (κ3) is 6.82. The molecule has 34 heavy (non-hydrogen) atoms. The van der Waals surface area contributed by atoms with Gasteiger partial charge in [0, 0.05) is 48.5 Å². The number of rotatable bonds is 7. The molecule has 0 bridgehead atoms. The molecule has 0 radical (unpaired) electrons. The summed E-state index contributed by atoms with van der Waals surface area (Å²) in [6.07, 6.45) is 3.69. The van der Waals surface area contributed by atoms with Crippen LogP contribution in [0.2, 0.25) is 0 Å². The number of carboxylic acid groups (broad SMARTS) is 2. The number of Topliss-reactive ketones (excluding diaryl/α,β-unsaturated/α-hetero) is 1. The first-order valence-electron chi connectivity index (χ1n) is 10.6. The summed E-state index contributed by atoms with van der Waals surface area (Å²) in [6.45, 7) is 2.63. The largest absolute Gasteiger partial charge is 0.478 e. The van der Waals surface area contributed by atoms with Gasteiger partial charge in [-0.1, -0.05) is 18.2 Å². The third-order valence-electron chi connectivity index (χ3n) is 5.30. The molecule has 1 atom stereocenters. The Hall–Kier alpha value is -3.37. The summed E-state index contributed by atoms with van der Waals surface area (Å²) in [5, 5.41) is 16.2. The van der Waals surface area contributed by atoms with E-state index in [0.29, 0.717) is 35.9 Å². The number of halogens is 1. The Balaban J connectivity index is 0.000000350. The molecule has 1 saturated carbocycles. The Kier molecular flexibility index (Phi) is 8.30. The minimum atomic E-state index is -1.26. The van der Waals surface area contributed by atoms with E-state index in [-0.39, 0.29) is 23.5 Å². The van der Waals surface area contributed by atoms with E-state index in [4.69, 9.17) is 14.9 Å². The lowest BCUT2D eigenvalue weighted by molar-refractivity contribution is -0.134. The van der Waals surface area contributed by atoms with Crippen LogP contribution in [0.15, 0.2) is 42.5 Å². The lowest BCUT2D eigenvalue weighted by Crippen LogP contribution is -2.38. The molecule has 1 aliphatic heterocycles. The number of carbonyl (C=O) groups excluding carboxylic acids is 2. The minimum absolute atomic E-state index is 0.0556. The fourth-order valence-corrected chi connectivity index (χ4v) is 4.75. The van der Waals surface area contributed by atoms with Crippen LogP contribution in [0, 0.1) is 11.7 Å². The van der Waals surface area contributed by atoms with E-state index in [1.807, 2.05) is 6.07 Å². The molecule has 0 spiro atoms. The predicted octanol–water partition coefficient (Wildman–Crippen LogP) is 3.60. The van der Waals surface area contributed by atoms with Crippen LogP contribution >= 0.6 is 11.3 Å². The Morgan fingerprint density at radius 1 is 1.15 bits per heavy atom. The molecule has 0 saturated heterocycles. The van der Waals surface area contributed by atoms with Gasteiger partial charge in [-0.05, 0) is 37.0 Å². The molecule has 8 nitrogen and oxygen atoms in total. The molecule has 1 aromatic carbocycles. The number of benzene rings is 1.